The highest BCUT2D eigenvalue weighted by atomic mass is 32.1. The molecule has 0 bridgehead atoms. The molecule has 2 nitrogen and oxygen atoms in total. The molecular weight excluding hydrogens is 204 g/mol. The summed E-state index contributed by atoms with van der Waals surface area (Å²) in [5, 5.41) is 7.11. The minimum absolute atomic E-state index is 0.0439. The molecule has 0 saturated heterocycles. The molecule has 0 spiro atoms. The summed E-state index contributed by atoms with van der Waals surface area (Å²) in [4.78, 5) is 0. The van der Waals surface area contributed by atoms with Gasteiger partial charge in [-0.05, 0) is 37.4 Å². The zero-order chi connectivity index (χ0) is 10.5. The highest BCUT2D eigenvalue weighted by Gasteiger charge is 2.27. The van der Waals surface area contributed by atoms with Gasteiger partial charge in [0.2, 0.25) is 0 Å². The number of nitrogens with one attached hydrogen (secondary N) is 1. The largest absolute Gasteiger partial charge is 0.310 e. The summed E-state index contributed by atoms with van der Waals surface area (Å²) in [7, 11) is 0. The van der Waals surface area contributed by atoms with Crippen molar-refractivity contribution in [2.75, 3.05) is 0 Å². The van der Waals surface area contributed by atoms with Crippen LogP contribution in [0.4, 0.5) is 0 Å². The van der Waals surface area contributed by atoms with Crippen LogP contribution >= 0.6 is 11.3 Å². The van der Waals surface area contributed by atoms with Gasteiger partial charge in [-0.3, -0.25) is 0 Å². The topological polar surface area (TPSA) is 17.0 Å². The fourth-order valence-electron chi connectivity index (χ4n) is 2.15. The number of nitrogens with zero attached hydrogens (tertiary/aromatic N) is 1. The summed E-state index contributed by atoms with van der Waals surface area (Å²) >= 11 is 1.81. The van der Waals surface area contributed by atoms with E-state index in [-0.39, 0.29) is 5.54 Å². The van der Waals surface area contributed by atoms with Gasteiger partial charge < -0.3 is 9.88 Å². The Morgan fingerprint density at radius 3 is 3.13 bits per heavy atom. The molecule has 0 atom stereocenters. The lowest BCUT2D eigenvalue weighted by Gasteiger charge is -2.25. The molecule has 1 aliphatic heterocycles. The lowest BCUT2D eigenvalue weighted by Crippen LogP contribution is -2.35. The quantitative estimate of drug-likeness (QED) is 0.719. The van der Waals surface area contributed by atoms with Gasteiger partial charge in [0.25, 0.3) is 0 Å². The highest BCUT2D eigenvalue weighted by molar-refractivity contribution is 7.12. The first-order chi connectivity index (χ1) is 7.18. The Hall–Kier alpha value is -1.06. The fourth-order valence-corrected chi connectivity index (χ4v) is 3.07. The molecule has 0 unspecified atom stereocenters. The first-order valence-corrected chi connectivity index (χ1v) is 6.06. The minimum Gasteiger partial charge on any atom is -0.310 e. The molecule has 0 radical (unpaired) electrons. The molecule has 2 aromatic rings. The van der Waals surface area contributed by atoms with E-state index >= 15 is 0 Å². The molecule has 0 aliphatic carbocycles. The zero-order valence-electron chi connectivity index (χ0n) is 8.95. The van der Waals surface area contributed by atoms with Crippen LogP contribution in [0.5, 0.6) is 0 Å². The van der Waals surface area contributed by atoms with Crippen molar-refractivity contribution in [2.45, 2.75) is 25.9 Å². The third kappa shape index (κ3) is 1.27. The molecule has 1 aliphatic rings. The van der Waals surface area contributed by atoms with Crippen molar-refractivity contribution in [3.8, 4) is 5.00 Å². The predicted molar refractivity (Wildman–Crippen MR) is 63.5 cm³/mol. The molecule has 15 heavy (non-hydrogen) atoms. The van der Waals surface area contributed by atoms with E-state index in [9.17, 15) is 0 Å². The van der Waals surface area contributed by atoms with Gasteiger partial charge in [0.05, 0.1) is 5.54 Å². The van der Waals surface area contributed by atoms with Crippen molar-refractivity contribution in [1.29, 1.82) is 0 Å². The van der Waals surface area contributed by atoms with Gasteiger partial charge in [-0.1, -0.05) is 0 Å². The van der Waals surface area contributed by atoms with E-state index in [2.05, 4.69) is 53.5 Å². The maximum Gasteiger partial charge on any atom is 0.104 e. The van der Waals surface area contributed by atoms with E-state index in [4.69, 9.17) is 0 Å². The van der Waals surface area contributed by atoms with Crippen LogP contribution in [0.15, 0.2) is 29.8 Å². The van der Waals surface area contributed by atoms with Crippen molar-refractivity contribution in [3.05, 3.63) is 41.0 Å². The van der Waals surface area contributed by atoms with Gasteiger partial charge in [0, 0.05) is 24.0 Å². The number of hydrogen-bond donors (Lipinski definition) is 1. The van der Waals surface area contributed by atoms with E-state index in [1.165, 1.54) is 16.3 Å². The van der Waals surface area contributed by atoms with Gasteiger partial charge in [-0.2, -0.15) is 0 Å². The van der Waals surface area contributed by atoms with Crippen LogP contribution in [0.2, 0.25) is 0 Å². The maximum absolute atomic E-state index is 3.59. The second kappa shape index (κ2) is 2.97. The van der Waals surface area contributed by atoms with Gasteiger partial charge >= 0.3 is 0 Å². The van der Waals surface area contributed by atoms with Crippen molar-refractivity contribution in [1.82, 2.24) is 9.88 Å². The van der Waals surface area contributed by atoms with Crippen LogP contribution in [-0.4, -0.2) is 4.57 Å². The fraction of sp³-hybridized carbons (Fsp3) is 0.333. The van der Waals surface area contributed by atoms with E-state index in [1.54, 1.807) is 0 Å². The molecule has 0 amide bonds. The first kappa shape index (κ1) is 9.19. The van der Waals surface area contributed by atoms with Crippen molar-refractivity contribution < 1.29 is 0 Å². The maximum atomic E-state index is 3.59. The van der Waals surface area contributed by atoms with Gasteiger partial charge in [0.15, 0.2) is 0 Å². The third-order valence-electron chi connectivity index (χ3n) is 3.05. The highest BCUT2D eigenvalue weighted by Crippen LogP contribution is 2.32. The Labute approximate surface area is 93.6 Å². The summed E-state index contributed by atoms with van der Waals surface area (Å²) in [6.45, 7) is 5.41. The number of rotatable bonds is 0. The third-order valence-corrected chi connectivity index (χ3v) is 4.01. The summed E-state index contributed by atoms with van der Waals surface area (Å²) < 4.78 is 2.31. The minimum atomic E-state index is 0.0439. The molecule has 0 aromatic carbocycles. The van der Waals surface area contributed by atoms with Crippen molar-refractivity contribution >= 4 is 11.3 Å². The molecule has 78 valence electrons. The average molecular weight is 218 g/mol. The van der Waals surface area contributed by atoms with Crippen molar-refractivity contribution in [3.63, 3.8) is 0 Å². The zero-order valence-corrected chi connectivity index (χ0v) is 9.77. The summed E-state index contributed by atoms with van der Waals surface area (Å²) in [6, 6.07) is 6.52. The Kier molecular flexibility index (Phi) is 1.82. The number of hydrogen-bond acceptors (Lipinski definition) is 2. The number of thiophene rings is 1. The lowest BCUT2D eigenvalue weighted by atomic mass is 10.0. The SMILES string of the molecule is CC1(C)NCc2ccsc2-n2cccc21. The van der Waals surface area contributed by atoms with Crippen LogP contribution in [0.1, 0.15) is 25.1 Å². The van der Waals surface area contributed by atoms with E-state index in [0.29, 0.717) is 0 Å². The second-order valence-electron chi connectivity index (χ2n) is 4.49. The monoisotopic (exact) mass is 218 g/mol. The molecule has 3 heterocycles. The van der Waals surface area contributed by atoms with E-state index < -0.39 is 0 Å². The van der Waals surface area contributed by atoms with Crippen LogP contribution < -0.4 is 5.32 Å². The van der Waals surface area contributed by atoms with Crippen LogP contribution in [0.25, 0.3) is 5.00 Å². The smallest absolute Gasteiger partial charge is 0.104 e. The van der Waals surface area contributed by atoms with Gasteiger partial charge in [0.1, 0.15) is 5.00 Å². The second-order valence-corrected chi connectivity index (χ2v) is 5.39. The number of fused-ring (bicyclic) bond motifs is 3. The predicted octanol–water partition coefficient (Wildman–Crippen LogP) is 2.88. The molecular formula is C12H14N2S. The van der Waals surface area contributed by atoms with Gasteiger partial charge in [-0.15, -0.1) is 11.3 Å². The average Bonchev–Trinajstić information content (AvgIpc) is 2.81. The van der Waals surface area contributed by atoms with E-state index in [1.807, 2.05) is 11.3 Å². The first-order valence-electron chi connectivity index (χ1n) is 5.18. The molecule has 0 fully saturated rings. The summed E-state index contributed by atoms with van der Waals surface area (Å²) in [6.07, 6.45) is 2.15. The Morgan fingerprint density at radius 1 is 1.40 bits per heavy atom. The molecule has 3 heteroatoms. The number of aromatic nitrogens is 1. The molecule has 2 aromatic heterocycles. The van der Waals surface area contributed by atoms with Crippen LogP contribution in [-0.2, 0) is 12.1 Å². The Morgan fingerprint density at radius 2 is 2.27 bits per heavy atom. The molecule has 3 rings (SSSR count). The van der Waals surface area contributed by atoms with E-state index in [0.717, 1.165) is 6.54 Å². The van der Waals surface area contributed by atoms with Gasteiger partial charge in [-0.25, -0.2) is 0 Å². The van der Waals surface area contributed by atoms with Crippen LogP contribution in [0.3, 0.4) is 0 Å². The normalized spacial score (nSPS) is 18.0. The molecule has 1 N–H and O–H groups in total. The standard InChI is InChI=1S/C12H14N2S/c1-12(2)10-4-3-6-14(10)11-9(8-13-12)5-7-15-11/h3-7,13H,8H2,1-2H3. The lowest BCUT2D eigenvalue weighted by molar-refractivity contribution is 0.394. The molecule has 0 saturated carbocycles. The van der Waals surface area contributed by atoms with Crippen LogP contribution in [0, 0.1) is 0 Å². The Balaban J connectivity index is 2.28. The Bertz CT molecular complexity index is 493. The summed E-state index contributed by atoms with van der Waals surface area (Å²) in [5.74, 6) is 0. The van der Waals surface area contributed by atoms with Crippen molar-refractivity contribution in [2.24, 2.45) is 0 Å². The summed E-state index contributed by atoms with van der Waals surface area (Å²) in [5.41, 5.74) is 2.77.